The zero-order valence-corrected chi connectivity index (χ0v) is 12.9. The number of ether oxygens (including phenoxy) is 1. The zero-order valence-electron chi connectivity index (χ0n) is 12.9. The number of carbonyl (C=O) groups excluding carboxylic acids is 1. The van der Waals surface area contributed by atoms with Gasteiger partial charge in [-0.15, -0.1) is 0 Å². The first-order chi connectivity index (χ1) is 10.5. The minimum absolute atomic E-state index is 0.0917. The molecule has 0 unspecified atom stereocenters. The van der Waals surface area contributed by atoms with Crippen LogP contribution in [0.5, 0.6) is 0 Å². The van der Waals surface area contributed by atoms with E-state index in [4.69, 9.17) is 4.74 Å². The van der Waals surface area contributed by atoms with Crippen LogP contribution in [0.25, 0.3) is 0 Å². The molecule has 0 N–H and O–H groups in total. The van der Waals surface area contributed by atoms with Crippen LogP contribution < -0.4 is 0 Å². The number of hydrogen-bond donors (Lipinski definition) is 0. The first-order valence-electron chi connectivity index (χ1n) is 6.82. The van der Waals surface area contributed by atoms with Crippen molar-refractivity contribution in [3.05, 3.63) is 47.5 Å². The zero-order chi connectivity index (χ0) is 17.3. The first-order valence-corrected chi connectivity index (χ1v) is 6.82. The fourth-order valence-electron chi connectivity index (χ4n) is 1.81. The van der Waals surface area contributed by atoms with Crippen molar-refractivity contribution >= 4 is 5.97 Å². The molecular weight excluding hydrogens is 311 g/mol. The molecular formula is C15H16F3N3O2. The minimum Gasteiger partial charge on any atom is -0.456 e. The molecule has 5 nitrogen and oxygen atoms in total. The molecule has 0 aliphatic carbocycles. The van der Waals surface area contributed by atoms with Gasteiger partial charge in [0.15, 0.2) is 0 Å². The maximum Gasteiger partial charge on any atom is 0.433 e. The second-order valence-electron chi connectivity index (χ2n) is 5.98. The highest BCUT2D eigenvalue weighted by Crippen LogP contribution is 2.27. The maximum absolute atomic E-state index is 12.6. The Morgan fingerprint density at radius 3 is 2.61 bits per heavy atom. The number of alkyl halides is 3. The molecule has 0 saturated carbocycles. The molecule has 2 aromatic heterocycles. The van der Waals surface area contributed by atoms with Gasteiger partial charge in [-0.3, -0.25) is 9.67 Å². The SMILES string of the molecule is CC(C)(C)OC(=O)c1cnn(Cc2ccnc(C(F)(F)F)c2)c1. The van der Waals surface area contributed by atoms with Crippen LogP contribution in [0.2, 0.25) is 0 Å². The molecule has 0 saturated heterocycles. The molecule has 2 rings (SSSR count). The Hall–Kier alpha value is -2.38. The van der Waals surface area contributed by atoms with Crippen molar-refractivity contribution in [1.82, 2.24) is 14.8 Å². The first kappa shape index (κ1) is 17.0. The van der Waals surface area contributed by atoms with E-state index in [0.717, 1.165) is 12.3 Å². The summed E-state index contributed by atoms with van der Waals surface area (Å²) in [6.07, 6.45) is -0.653. The second-order valence-corrected chi connectivity index (χ2v) is 5.98. The van der Waals surface area contributed by atoms with Gasteiger partial charge < -0.3 is 4.74 Å². The number of aromatic nitrogens is 3. The molecule has 0 aliphatic heterocycles. The van der Waals surface area contributed by atoms with E-state index in [0.29, 0.717) is 5.56 Å². The Morgan fingerprint density at radius 1 is 1.30 bits per heavy atom. The van der Waals surface area contributed by atoms with E-state index in [1.807, 2.05) is 0 Å². The number of hydrogen-bond acceptors (Lipinski definition) is 4. The molecule has 23 heavy (non-hydrogen) atoms. The summed E-state index contributed by atoms with van der Waals surface area (Å²) in [4.78, 5) is 15.2. The molecule has 0 amide bonds. The second kappa shape index (κ2) is 6.02. The van der Waals surface area contributed by atoms with Crippen LogP contribution in [0.15, 0.2) is 30.7 Å². The lowest BCUT2D eigenvalue weighted by Gasteiger charge is -2.18. The highest BCUT2D eigenvalue weighted by atomic mass is 19.4. The van der Waals surface area contributed by atoms with E-state index < -0.39 is 23.4 Å². The molecule has 0 atom stereocenters. The molecule has 2 aromatic rings. The Balaban J connectivity index is 2.12. The molecule has 2 heterocycles. The average Bonchev–Trinajstić information content (AvgIpc) is 2.85. The largest absolute Gasteiger partial charge is 0.456 e. The summed E-state index contributed by atoms with van der Waals surface area (Å²) in [6, 6.07) is 2.42. The van der Waals surface area contributed by atoms with E-state index in [1.165, 1.54) is 23.1 Å². The van der Waals surface area contributed by atoms with E-state index in [-0.39, 0.29) is 12.1 Å². The van der Waals surface area contributed by atoms with Crippen molar-refractivity contribution in [3.63, 3.8) is 0 Å². The summed E-state index contributed by atoms with van der Waals surface area (Å²) >= 11 is 0. The number of pyridine rings is 1. The van der Waals surface area contributed by atoms with Crippen LogP contribution in [0, 0.1) is 0 Å². The van der Waals surface area contributed by atoms with Crippen LogP contribution in [0.4, 0.5) is 13.2 Å². The molecule has 0 radical (unpaired) electrons. The van der Waals surface area contributed by atoms with Crippen molar-refractivity contribution in [2.24, 2.45) is 0 Å². The smallest absolute Gasteiger partial charge is 0.433 e. The third kappa shape index (κ3) is 4.80. The molecule has 8 heteroatoms. The molecule has 0 aromatic carbocycles. The van der Waals surface area contributed by atoms with Gasteiger partial charge in [0.2, 0.25) is 0 Å². The van der Waals surface area contributed by atoms with E-state index in [9.17, 15) is 18.0 Å². The predicted octanol–water partition coefficient (Wildman–Crippen LogP) is 3.30. The monoisotopic (exact) mass is 327 g/mol. The third-order valence-electron chi connectivity index (χ3n) is 2.73. The summed E-state index contributed by atoms with van der Waals surface area (Å²) in [7, 11) is 0. The highest BCUT2D eigenvalue weighted by Gasteiger charge is 2.32. The average molecular weight is 327 g/mol. The Bertz CT molecular complexity index is 702. The van der Waals surface area contributed by atoms with Crippen molar-refractivity contribution in [2.45, 2.75) is 39.1 Å². The van der Waals surface area contributed by atoms with Crippen LogP contribution in [-0.2, 0) is 17.5 Å². The standard InChI is InChI=1S/C15H16F3N3O2/c1-14(2,3)23-13(22)11-7-20-21(9-11)8-10-4-5-19-12(6-10)15(16,17)18/h4-7,9H,8H2,1-3H3. The molecule has 0 spiro atoms. The van der Waals surface area contributed by atoms with Crippen molar-refractivity contribution in [2.75, 3.05) is 0 Å². The topological polar surface area (TPSA) is 57.0 Å². The number of rotatable bonds is 3. The maximum atomic E-state index is 12.6. The van der Waals surface area contributed by atoms with Crippen molar-refractivity contribution in [3.8, 4) is 0 Å². The van der Waals surface area contributed by atoms with Crippen LogP contribution >= 0.6 is 0 Å². The third-order valence-corrected chi connectivity index (χ3v) is 2.73. The molecule has 0 aliphatic rings. The lowest BCUT2D eigenvalue weighted by Crippen LogP contribution is -2.23. The summed E-state index contributed by atoms with van der Waals surface area (Å²) in [6.45, 7) is 5.31. The minimum atomic E-state index is -4.50. The van der Waals surface area contributed by atoms with E-state index in [1.54, 1.807) is 20.8 Å². The predicted molar refractivity (Wildman–Crippen MR) is 75.7 cm³/mol. The van der Waals surface area contributed by atoms with Gasteiger partial charge in [-0.1, -0.05) is 0 Å². The van der Waals surface area contributed by atoms with Gasteiger partial charge >= 0.3 is 12.1 Å². The quantitative estimate of drug-likeness (QED) is 0.812. The van der Waals surface area contributed by atoms with Gasteiger partial charge in [0.1, 0.15) is 11.3 Å². The van der Waals surface area contributed by atoms with Crippen molar-refractivity contribution < 1.29 is 22.7 Å². The van der Waals surface area contributed by atoms with Crippen molar-refractivity contribution in [1.29, 1.82) is 0 Å². The summed E-state index contributed by atoms with van der Waals surface area (Å²) in [5.41, 5.74) is -0.975. The normalized spacial score (nSPS) is 12.3. The van der Waals surface area contributed by atoms with Gasteiger partial charge in [-0.05, 0) is 38.5 Å². The molecule has 0 bridgehead atoms. The van der Waals surface area contributed by atoms with Gasteiger partial charge in [0.25, 0.3) is 0 Å². The number of halogens is 3. The van der Waals surface area contributed by atoms with Gasteiger partial charge in [0, 0.05) is 12.4 Å². The number of nitrogens with zero attached hydrogens (tertiary/aromatic N) is 3. The van der Waals surface area contributed by atoms with Crippen LogP contribution in [0.1, 0.15) is 42.4 Å². The van der Waals surface area contributed by atoms with Gasteiger partial charge in [-0.25, -0.2) is 4.79 Å². The Morgan fingerprint density at radius 2 is 2.00 bits per heavy atom. The number of carbonyl (C=O) groups is 1. The fraction of sp³-hybridized carbons (Fsp3) is 0.400. The van der Waals surface area contributed by atoms with Gasteiger partial charge in [-0.2, -0.15) is 18.3 Å². The number of esters is 1. The van der Waals surface area contributed by atoms with Gasteiger partial charge in [0.05, 0.1) is 18.3 Å². The molecule has 0 fully saturated rings. The van der Waals surface area contributed by atoms with Crippen LogP contribution in [-0.4, -0.2) is 26.3 Å². The highest BCUT2D eigenvalue weighted by molar-refractivity contribution is 5.89. The van der Waals surface area contributed by atoms with E-state index in [2.05, 4.69) is 10.1 Å². The Labute approximate surface area is 131 Å². The van der Waals surface area contributed by atoms with Crippen LogP contribution in [0.3, 0.4) is 0 Å². The molecule has 124 valence electrons. The summed E-state index contributed by atoms with van der Waals surface area (Å²) < 4.78 is 44.5. The summed E-state index contributed by atoms with van der Waals surface area (Å²) in [5.74, 6) is -0.533. The Kier molecular flexibility index (Phi) is 4.44. The summed E-state index contributed by atoms with van der Waals surface area (Å²) in [5, 5.41) is 3.97. The van der Waals surface area contributed by atoms with E-state index >= 15 is 0 Å². The fourth-order valence-corrected chi connectivity index (χ4v) is 1.81. The lowest BCUT2D eigenvalue weighted by molar-refractivity contribution is -0.141. The lowest BCUT2D eigenvalue weighted by atomic mass is 10.2.